The molecule has 1 aromatic carbocycles. The lowest BCUT2D eigenvalue weighted by Gasteiger charge is -2.15. The van der Waals surface area contributed by atoms with Crippen LogP contribution < -0.4 is 5.32 Å². The molecule has 21 heavy (non-hydrogen) atoms. The van der Waals surface area contributed by atoms with Gasteiger partial charge in [-0.2, -0.15) is 0 Å². The number of hydrogen-bond acceptors (Lipinski definition) is 4. The van der Waals surface area contributed by atoms with Crippen molar-refractivity contribution in [1.82, 2.24) is 4.90 Å². The first-order valence-corrected chi connectivity index (χ1v) is 6.51. The lowest BCUT2D eigenvalue weighted by molar-refractivity contribution is -0.143. The SMILES string of the molecule is CCOC(=O)CCN(C)CC(=O)Nc1ccc(F)c(F)c1. The van der Waals surface area contributed by atoms with E-state index in [0.29, 0.717) is 13.2 Å². The number of benzene rings is 1. The van der Waals surface area contributed by atoms with E-state index >= 15 is 0 Å². The molecular weight excluding hydrogens is 282 g/mol. The minimum atomic E-state index is -1.02. The highest BCUT2D eigenvalue weighted by Gasteiger charge is 2.10. The van der Waals surface area contributed by atoms with Crippen molar-refractivity contribution in [2.45, 2.75) is 13.3 Å². The summed E-state index contributed by atoms with van der Waals surface area (Å²) in [6.45, 7) is 2.43. The van der Waals surface area contributed by atoms with Gasteiger partial charge in [-0.25, -0.2) is 8.78 Å². The van der Waals surface area contributed by atoms with E-state index in [0.717, 1.165) is 12.1 Å². The lowest BCUT2D eigenvalue weighted by atomic mass is 10.3. The number of rotatable bonds is 7. The molecule has 1 rings (SSSR count). The number of anilines is 1. The quantitative estimate of drug-likeness (QED) is 0.780. The summed E-state index contributed by atoms with van der Waals surface area (Å²) in [5, 5.41) is 2.45. The number of esters is 1. The van der Waals surface area contributed by atoms with Crippen LogP contribution in [-0.4, -0.2) is 43.5 Å². The highest BCUT2D eigenvalue weighted by atomic mass is 19.2. The predicted molar refractivity (Wildman–Crippen MR) is 73.7 cm³/mol. The van der Waals surface area contributed by atoms with Gasteiger partial charge in [-0.3, -0.25) is 14.5 Å². The van der Waals surface area contributed by atoms with E-state index in [9.17, 15) is 18.4 Å². The smallest absolute Gasteiger partial charge is 0.307 e. The normalized spacial score (nSPS) is 10.5. The number of ether oxygens (including phenoxy) is 1. The molecule has 0 saturated heterocycles. The number of likely N-dealkylation sites (N-methyl/N-ethyl adjacent to an activating group) is 1. The Kier molecular flexibility index (Phi) is 6.74. The van der Waals surface area contributed by atoms with Crippen LogP contribution in [0.5, 0.6) is 0 Å². The Morgan fingerprint density at radius 3 is 2.62 bits per heavy atom. The van der Waals surface area contributed by atoms with Crippen LogP contribution in [0.1, 0.15) is 13.3 Å². The zero-order chi connectivity index (χ0) is 15.8. The molecule has 0 spiro atoms. The lowest BCUT2D eigenvalue weighted by Crippen LogP contribution is -2.32. The Bertz CT molecular complexity index is 509. The molecule has 0 unspecified atom stereocenters. The van der Waals surface area contributed by atoms with E-state index in [4.69, 9.17) is 4.74 Å². The van der Waals surface area contributed by atoms with Gasteiger partial charge in [0.15, 0.2) is 11.6 Å². The molecule has 5 nitrogen and oxygen atoms in total. The third-order valence-corrected chi connectivity index (χ3v) is 2.62. The van der Waals surface area contributed by atoms with Crippen molar-refractivity contribution < 1.29 is 23.1 Å². The summed E-state index contributed by atoms with van der Waals surface area (Å²) in [7, 11) is 1.67. The molecular formula is C14H18F2N2O3. The minimum Gasteiger partial charge on any atom is -0.466 e. The number of halogens is 2. The van der Waals surface area contributed by atoms with E-state index in [1.54, 1.807) is 18.9 Å². The third-order valence-electron chi connectivity index (χ3n) is 2.62. The van der Waals surface area contributed by atoms with E-state index in [1.807, 2.05) is 0 Å². The average Bonchev–Trinajstić information content (AvgIpc) is 2.41. The number of carbonyl (C=O) groups excluding carboxylic acids is 2. The monoisotopic (exact) mass is 300 g/mol. The molecule has 0 atom stereocenters. The molecule has 0 saturated carbocycles. The van der Waals surface area contributed by atoms with Gasteiger partial charge in [-0.1, -0.05) is 0 Å². The van der Waals surface area contributed by atoms with Gasteiger partial charge in [0.05, 0.1) is 19.6 Å². The molecule has 0 aliphatic rings. The summed E-state index contributed by atoms with van der Waals surface area (Å²) in [4.78, 5) is 24.5. The molecule has 1 N–H and O–H groups in total. The third kappa shape index (κ3) is 6.31. The summed E-state index contributed by atoms with van der Waals surface area (Å²) in [5.74, 6) is -2.71. The van der Waals surface area contributed by atoms with Gasteiger partial charge in [0, 0.05) is 18.3 Å². The van der Waals surface area contributed by atoms with Crippen LogP contribution in [-0.2, 0) is 14.3 Å². The van der Waals surface area contributed by atoms with Crippen molar-refractivity contribution in [1.29, 1.82) is 0 Å². The second-order valence-corrected chi connectivity index (χ2v) is 4.47. The van der Waals surface area contributed by atoms with Crippen molar-refractivity contribution in [2.24, 2.45) is 0 Å². The largest absolute Gasteiger partial charge is 0.466 e. The van der Waals surface area contributed by atoms with Gasteiger partial charge in [0.2, 0.25) is 5.91 Å². The molecule has 1 aromatic rings. The molecule has 0 heterocycles. The van der Waals surface area contributed by atoms with Crippen LogP contribution in [0.2, 0.25) is 0 Å². The maximum atomic E-state index is 13.0. The Labute approximate surface area is 121 Å². The van der Waals surface area contributed by atoms with E-state index in [2.05, 4.69) is 5.32 Å². The van der Waals surface area contributed by atoms with Crippen molar-refractivity contribution in [3.63, 3.8) is 0 Å². The van der Waals surface area contributed by atoms with Gasteiger partial charge in [0.25, 0.3) is 0 Å². The molecule has 0 aromatic heterocycles. The predicted octanol–water partition coefficient (Wildman–Crippen LogP) is 1.79. The molecule has 1 amide bonds. The molecule has 0 aliphatic carbocycles. The van der Waals surface area contributed by atoms with Crippen LogP contribution in [0.3, 0.4) is 0 Å². The Hall–Kier alpha value is -2.02. The van der Waals surface area contributed by atoms with E-state index in [1.165, 1.54) is 6.07 Å². The van der Waals surface area contributed by atoms with Gasteiger partial charge < -0.3 is 10.1 Å². The first-order valence-electron chi connectivity index (χ1n) is 6.51. The van der Waals surface area contributed by atoms with Crippen LogP contribution in [0.25, 0.3) is 0 Å². The van der Waals surface area contributed by atoms with Crippen molar-refractivity contribution in [3.05, 3.63) is 29.8 Å². The van der Waals surface area contributed by atoms with Crippen molar-refractivity contribution >= 4 is 17.6 Å². The zero-order valence-corrected chi connectivity index (χ0v) is 12.0. The number of hydrogen-bond donors (Lipinski definition) is 1. The summed E-state index contributed by atoms with van der Waals surface area (Å²) in [5.41, 5.74) is 0.178. The highest BCUT2D eigenvalue weighted by molar-refractivity contribution is 5.92. The maximum Gasteiger partial charge on any atom is 0.307 e. The molecule has 7 heteroatoms. The summed E-state index contributed by atoms with van der Waals surface area (Å²) in [6.07, 6.45) is 0.183. The van der Waals surface area contributed by atoms with Gasteiger partial charge in [-0.15, -0.1) is 0 Å². The Balaban J connectivity index is 2.38. The molecule has 0 fully saturated rings. The molecule has 0 aliphatic heterocycles. The first-order chi connectivity index (χ1) is 9.92. The van der Waals surface area contributed by atoms with Crippen LogP contribution >= 0.6 is 0 Å². The zero-order valence-electron chi connectivity index (χ0n) is 12.0. The van der Waals surface area contributed by atoms with Crippen molar-refractivity contribution in [2.75, 3.05) is 32.1 Å². The maximum absolute atomic E-state index is 13.0. The summed E-state index contributed by atoms with van der Waals surface area (Å²) >= 11 is 0. The standard InChI is InChI=1S/C14H18F2N2O3/c1-3-21-14(20)6-7-18(2)9-13(19)17-10-4-5-11(15)12(16)8-10/h4-5,8H,3,6-7,9H2,1-2H3,(H,17,19). The minimum absolute atomic E-state index is 0.0262. The second kappa shape index (κ2) is 8.31. The molecule has 0 radical (unpaired) electrons. The van der Waals surface area contributed by atoms with Crippen LogP contribution in [0, 0.1) is 11.6 Å². The summed E-state index contributed by atoms with van der Waals surface area (Å²) < 4.78 is 30.5. The molecule has 116 valence electrons. The number of carbonyl (C=O) groups is 2. The second-order valence-electron chi connectivity index (χ2n) is 4.47. The Morgan fingerprint density at radius 2 is 2.00 bits per heavy atom. The first kappa shape index (κ1) is 17.0. The average molecular weight is 300 g/mol. The highest BCUT2D eigenvalue weighted by Crippen LogP contribution is 2.12. The number of nitrogens with one attached hydrogen (secondary N) is 1. The van der Waals surface area contributed by atoms with Gasteiger partial charge in [-0.05, 0) is 26.1 Å². The molecule has 0 bridgehead atoms. The topological polar surface area (TPSA) is 58.6 Å². The fourth-order valence-electron chi connectivity index (χ4n) is 1.61. The van der Waals surface area contributed by atoms with E-state index < -0.39 is 11.6 Å². The fourth-order valence-corrected chi connectivity index (χ4v) is 1.61. The van der Waals surface area contributed by atoms with Gasteiger partial charge in [0.1, 0.15) is 0 Å². The van der Waals surface area contributed by atoms with E-state index in [-0.39, 0.29) is 30.5 Å². The van der Waals surface area contributed by atoms with Crippen LogP contribution in [0.15, 0.2) is 18.2 Å². The van der Waals surface area contributed by atoms with Crippen molar-refractivity contribution in [3.8, 4) is 0 Å². The summed E-state index contributed by atoms with van der Waals surface area (Å²) in [6, 6.07) is 3.12. The van der Waals surface area contributed by atoms with Crippen LogP contribution in [0.4, 0.5) is 14.5 Å². The fraction of sp³-hybridized carbons (Fsp3) is 0.429. The number of nitrogens with zero attached hydrogens (tertiary/aromatic N) is 1. The number of amides is 1. The Morgan fingerprint density at radius 1 is 1.29 bits per heavy atom. The van der Waals surface area contributed by atoms with Gasteiger partial charge >= 0.3 is 5.97 Å².